The van der Waals surface area contributed by atoms with Crippen molar-refractivity contribution < 1.29 is 17.9 Å². The Labute approximate surface area is 125 Å². The Balaban J connectivity index is 2.37. The Bertz CT molecular complexity index is 647. The van der Waals surface area contributed by atoms with E-state index in [-0.39, 0.29) is 12.5 Å². The summed E-state index contributed by atoms with van der Waals surface area (Å²) in [4.78, 5) is 0. The molecule has 21 heavy (non-hydrogen) atoms. The maximum atomic E-state index is 12.0. The maximum absolute atomic E-state index is 12.0. The summed E-state index contributed by atoms with van der Waals surface area (Å²) in [5.74, 6) is 0.345. The Morgan fingerprint density at radius 2 is 1.95 bits per heavy atom. The predicted molar refractivity (Wildman–Crippen MR) is 78.9 cm³/mol. The highest BCUT2D eigenvalue weighted by molar-refractivity contribution is 7.91. The summed E-state index contributed by atoms with van der Waals surface area (Å²) in [5.41, 5.74) is -0.162. The van der Waals surface area contributed by atoms with Gasteiger partial charge in [0, 0.05) is 18.8 Å². The second-order valence-corrected chi connectivity index (χ2v) is 7.46. The Hall–Kier alpha value is -1.58. The first-order valence-corrected chi connectivity index (χ1v) is 8.68. The lowest BCUT2D eigenvalue weighted by Gasteiger charge is -2.09. The summed E-state index contributed by atoms with van der Waals surface area (Å²) in [6.07, 6.45) is 1.18. The van der Waals surface area contributed by atoms with Gasteiger partial charge in [0.25, 0.3) is 0 Å². The second-order valence-electron chi connectivity index (χ2n) is 5.29. The van der Waals surface area contributed by atoms with Crippen LogP contribution in [-0.2, 0) is 14.6 Å². The molecule has 6 heteroatoms. The van der Waals surface area contributed by atoms with Gasteiger partial charge in [-0.2, -0.15) is 5.26 Å². The van der Waals surface area contributed by atoms with E-state index in [2.05, 4.69) is 6.07 Å². The van der Waals surface area contributed by atoms with Crippen molar-refractivity contribution in [1.29, 1.82) is 5.26 Å². The first kappa shape index (κ1) is 15.8. The highest BCUT2D eigenvalue weighted by Gasteiger charge is 2.71. The summed E-state index contributed by atoms with van der Waals surface area (Å²) < 4.78 is 34.5. The summed E-state index contributed by atoms with van der Waals surface area (Å²) >= 11 is 0. The monoisotopic (exact) mass is 309 g/mol. The summed E-state index contributed by atoms with van der Waals surface area (Å²) in [5, 5.41) is 8.82. The fraction of sp³-hybridized carbons (Fsp3) is 0.533. The van der Waals surface area contributed by atoms with Crippen LogP contribution in [0.3, 0.4) is 0 Å². The van der Waals surface area contributed by atoms with E-state index in [1.165, 1.54) is 6.26 Å². The van der Waals surface area contributed by atoms with E-state index < -0.39 is 20.5 Å². The van der Waals surface area contributed by atoms with Crippen LogP contribution in [0.2, 0.25) is 0 Å². The number of rotatable bonds is 6. The van der Waals surface area contributed by atoms with Crippen LogP contribution in [0.5, 0.6) is 5.75 Å². The smallest absolute Gasteiger partial charge is 0.152 e. The van der Waals surface area contributed by atoms with E-state index in [9.17, 15) is 13.7 Å². The van der Waals surface area contributed by atoms with Crippen molar-refractivity contribution in [2.75, 3.05) is 26.6 Å². The van der Waals surface area contributed by atoms with Crippen LogP contribution in [0.1, 0.15) is 18.4 Å². The molecule has 0 aliphatic heterocycles. The lowest BCUT2D eigenvalue weighted by molar-refractivity contribution is 0.117. The highest BCUT2D eigenvalue weighted by Crippen LogP contribution is 2.62. The third-order valence-electron chi connectivity index (χ3n) is 3.95. The fourth-order valence-electron chi connectivity index (χ4n) is 2.93. The zero-order valence-corrected chi connectivity index (χ0v) is 13.2. The van der Waals surface area contributed by atoms with Gasteiger partial charge in [-0.1, -0.05) is 12.1 Å². The molecular formula is C15H19NO4S. The molecule has 2 rings (SSSR count). The summed E-state index contributed by atoms with van der Waals surface area (Å²) in [6.45, 7) is 2.41. The van der Waals surface area contributed by atoms with Crippen molar-refractivity contribution >= 4 is 9.84 Å². The molecule has 5 nitrogen and oxygen atoms in total. The average molecular weight is 309 g/mol. The van der Waals surface area contributed by atoms with Gasteiger partial charge < -0.3 is 9.47 Å². The van der Waals surface area contributed by atoms with Crippen molar-refractivity contribution in [3.05, 3.63) is 29.8 Å². The van der Waals surface area contributed by atoms with Gasteiger partial charge in [-0.05, 0) is 24.6 Å². The molecule has 1 saturated carbocycles. The van der Waals surface area contributed by atoms with Crippen LogP contribution in [0.15, 0.2) is 24.3 Å². The van der Waals surface area contributed by atoms with Crippen LogP contribution < -0.4 is 4.74 Å². The van der Waals surface area contributed by atoms with Crippen molar-refractivity contribution in [3.8, 4) is 11.8 Å². The zero-order chi connectivity index (χ0) is 15.7. The van der Waals surface area contributed by atoms with Gasteiger partial charge in [-0.25, -0.2) is 8.42 Å². The molecule has 1 aromatic carbocycles. The van der Waals surface area contributed by atoms with E-state index in [1.807, 2.05) is 19.1 Å². The Morgan fingerprint density at radius 3 is 2.38 bits per heavy atom. The van der Waals surface area contributed by atoms with Crippen molar-refractivity contribution in [2.45, 2.75) is 18.1 Å². The van der Waals surface area contributed by atoms with Gasteiger partial charge in [0.15, 0.2) is 9.84 Å². The van der Waals surface area contributed by atoms with Gasteiger partial charge in [-0.15, -0.1) is 0 Å². The lowest BCUT2D eigenvalue weighted by atomic mass is 10.0. The number of nitrogens with zero attached hydrogens (tertiary/aromatic N) is 1. The number of methoxy groups -OCH3 is 1. The fourth-order valence-corrected chi connectivity index (χ4v) is 4.77. The number of benzene rings is 1. The largest absolute Gasteiger partial charge is 0.497 e. The molecule has 0 saturated heterocycles. The summed E-state index contributed by atoms with van der Waals surface area (Å²) in [6, 6.07) is 9.36. The minimum Gasteiger partial charge on any atom is -0.497 e. The number of nitriles is 1. The summed E-state index contributed by atoms with van der Waals surface area (Å²) in [7, 11) is -1.76. The van der Waals surface area contributed by atoms with Gasteiger partial charge in [0.05, 0.1) is 25.0 Å². The molecule has 0 bridgehead atoms. The minimum atomic E-state index is -3.33. The normalized spacial score (nSPS) is 27.9. The Morgan fingerprint density at radius 1 is 1.33 bits per heavy atom. The van der Waals surface area contributed by atoms with E-state index in [0.29, 0.717) is 12.4 Å². The molecular weight excluding hydrogens is 290 g/mol. The van der Waals surface area contributed by atoms with E-state index in [0.717, 1.165) is 5.56 Å². The third-order valence-corrected chi connectivity index (χ3v) is 5.56. The highest BCUT2D eigenvalue weighted by atomic mass is 32.2. The van der Waals surface area contributed by atoms with Crippen LogP contribution >= 0.6 is 0 Å². The van der Waals surface area contributed by atoms with Crippen LogP contribution in [0.25, 0.3) is 0 Å². The standard InChI is InChI=1S/C15H19NO4S/c1-4-20-10-15(9-16)13(14(15)21(3,17)18)11-5-7-12(19-2)8-6-11/h5-8,13-14H,4,10H2,1-3H3. The number of hydrogen-bond acceptors (Lipinski definition) is 5. The predicted octanol–water partition coefficient (Wildman–Crippen LogP) is 1.75. The van der Waals surface area contributed by atoms with Gasteiger partial charge in [0.1, 0.15) is 11.2 Å². The van der Waals surface area contributed by atoms with Crippen LogP contribution in [0.4, 0.5) is 0 Å². The topological polar surface area (TPSA) is 76.4 Å². The average Bonchev–Trinajstić information content (AvgIpc) is 3.15. The lowest BCUT2D eigenvalue weighted by Crippen LogP contribution is -2.18. The minimum absolute atomic E-state index is 0.133. The van der Waals surface area contributed by atoms with Crippen molar-refractivity contribution in [3.63, 3.8) is 0 Å². The Kier molecular flexibility index (Phi) is 4.26. The first-order valence-electron chi connectivity index (χ1n) is 6.72. The SMILES string of the molecule is CCOCC1(C#N)C(c2ccc(OC)cc2)C1S(C)(=O)=O. The van der Waals surface area contributed by atoms with Gasteiger partial charge in [0.2, 0.25) is 0 Å². The molecule has 0 aromatic heterocycles. The molecule has 0 heterocycles. The van der Waals surface area contributed by atoms with E-state index in [4.69, 9.17) is 9.47 Å². The third kappa shape index (κ3) is 2.76. The molecule has 0 radical (unpaired) electrons. The molecule has 3 unspecified atom stereocenters. The van der Waals surface area contributed by atoms with Crippen molar-refractivity contribution in [2.24, 2.45) is 5.41 Å². The molecule has 0 N–H and O–H groups in total. The first-order chi connectivity index (χ1) is 9.90. The molecule has 1 fully saturated rings. The second kappa shape index (κ2) is 5.66. The number of ether oxygens (including phenoxy) is 2. The number of sulfone groups is 1. The van der Waals surface area contributed by atoms with E-state index in [1.54, 1.807) is 19.2 Å². The zero-order valence-electron chi connectivity index (χ0n) is 12.4. The van der Waals surface area contributed by atoms with Gasteiger partial charge in [-0.3, -0.25) is 0 Å². The van der Waals surface area contributed by atoms with Gasteiger partial charge >= 0.3 is 0 Å². The quantitative estimate of drug-likeness (QED) is 0.800. The molecule has 0 spiro atoms. The van der Waals surface area contributed by atoms with E-state index >= 15 is 0 Å². The molecule has 0 amide bonds. The molecule has 1 aromatic rings. The number of hydrogen-bond donors (Lipinski definition) is 0. The van der Waals surface area contributed by atoms with Crippen LogP contribution in [-0.4, -0.2) is 40.2 Å². The van der Waals surface area contributed by atoms with Crippen molar-refractivity contribution in [1.82, 2.24) is 0 Å². The molecule has 3 atom stereocenters. The molecule has 114 valence electrons. The molecule has 1 aliphatic carbocycles. The van der Waals surface area contributed by atoms with Crippen LogP contribution in [0, 0.1) is 16.7 Å². The maximum Gasteiger partial charge on any atom is 0.152 e. The molecule has 1 aliphatic rings.